The molecule has 1 fully saturated rings. The number of hydrogen-bond acceptors (Lipinski definition) is 2. The molecule has 2 aromatic carbocycles. The van der Waals surface area contributed by atoms with Gasteiger partial charge in [0, 0.05) is 0 Å². The monoisotopic (exact) mass is 307 g/mol. The van der Waals surface area contributed by atoms with Crippen LogP contribution in [0, 0.1) is 0 Å². The standard InChI is InChI=1S/C20H21NO2/c1-19-13-12-16-10-6-7-11-17(16)20(19,2)21(18(22)23-19)14-15-8-4-3-5-9-15/h3-11H,12-14H2,1-2H3/t19-,20+/m0/s1. The quantitative estimate of drug-likeness (QED) is 0.829. The van der Waals surface area contributed by atoms with Crippen molar-refractivity contribution in [2.75, 3.05) is 0 Å². The number of hydrogen-bond donors (Lipinski definition) is 0. The van der Waals surface area contributed by atoms with Gasteiger partial charge in [-0.25, -0.2) is 4.79 Å². The summed E-state index contributed by atoms with van der Waals surface area (Å²) in [4.78, 5) is 14.6. The minimum absolute atomic E-state index is 0.212. The Bertz CT molecular complexity index is 757. The second-order valence-corrected chi connectivity index (χ2v) is 6.90. The van der Waals surface area contributed by atoms with Crippen molar-refractivity contribution in [2.24, 2.45) is 0 Å². The van der Waals surface area contributed by atoms with E-state index in [1.165, 1.54) is 11.1 Å². The molecule has 0 bridgehead atoms. The molecule has 1 aliphatic heterocycles. The molecular weight excluding hydrogens is 286 g/mol. The molecule has 4 rings (SSSR count). The van der Waals surface area contributed by atoms with Crippen molar-refractivity contribution >= 4 is 6.09 Å². The van der Waals surface area contributed by atoms with Crippen molar-refractivity contribution in [1.82, 2.24) is 4.90 Å². The third-order valence-corrected chi connectivity index (χ3v) is 5.70. The van der Waals surface area contributed by atoms with Gasteiger partial charge >= 0.3 is 6.09 Å². The lowest BCUT2D eigenvalue weighted by atomic mass is 9.67. The summed E-state index contributed by atoms with van der Waals surface area (Å²) in [6, 6.07) is 18.6. The highest BCUT2D eigenvalue weighted by atomic mass is 16.6. The summed E-state index contributed by atoms with van der Waals surface area (Å²) < 4.78 is 5.88. The Hall–Kier alpha value is -2.29. The first-order chi connectivity index (χ1) is 11.0. The van der Waals surface area contributed by atoms with Gasteiger partial charge in [-0.2, -0.15) is 0 Å². The Kier molecular flexibility index (Phi) is 3.02. The topological polar surface area (TPSA) is 29.5 Å². The molecule has 2 aromatic rings. The summed E-state index contributed by atoms with van der Waals surface area (Å²) >= 11 is 0. The van der Waals surface area contributed by atoms with E-state index in [-0.39, 0.29) is 6.09 Å². The number of carbonyl (C=O) groups is 1. The lowest BCUT2D eigenvalue weighted by Crippen LogP contribution is -2.54. The molecule has 2 aliphatic rings. The van der Waals surface area contributed by atoms with Crippen molar-refractivity contribution in [3.63, 3.8) is 0 Å². The summed E-state index contributed by atoms with van der Waals surface area (Å²) in [5.41, 5.74) is 2.75. The first kappa shape index (κ1) is 14.3. The maximum Gasteiger partial charge on any atom is 0.411 e. The number of ether oxygens (including phenoxy) is 1. The minimum atomic E-state index is -0.479. The fraction of sp³-hybridized carbons (Fsp3) is 0.350. The molecule has 2 atom stereocenters. The normalized spacial score (nSPS) is 29.0. The van der Waals surface area contributed by atoms with Crippen LogP contribution in [0.3, 0.4) is 0 Å². The van der Waals surface area contributed by atoms with Crippen LogP contribution < -0.4 is 0 Å². The fourth-order valence-electron chi connectivity index (χ4n) is 4.12. The van der Waals surface area contributed by atoms with E-state index in [0.29, 0.717) is 6.54 Å². The maximum absolute atomic E-state index is 12.7. The van der Waals surface area contributed by atoms with Crippen LogP contribution in [0.4, 0.5) is 4.79 Å². The Morgan fingerprint density at radius 1 is 1.04 bits per heavy atom. The van der Waals surface area contributed by atoms with Gasteiger partial charge in [0.15, 0.2) is 0 Å². The van der Waals surface area contributed by atoms with E-state index in [9.17, 15) is 4.79 Å². The van der Waals surface area contributed by atoms with E-state index < -0.39 is 11.1 Å². The Morgan fingerprint density at radius 3 is 2.52 bits per heavy atom. The van der Waals surface area contributed by atoms with Gasteiger partial charge in [-0.15, -0.1) is 0 Å². The van der Waals surface area contributed by atoms with Gasteiger partial charge in [-0.3, -0.25) is 4.90 Å². The van der Waals surface area contributed by atoms with Crippen LogP contribution in [-0.4, -0.2) is 16.6 Å². The second-order valence-electron chi connectivity index (χ2n) is 6.90. The largest absolute Gasteiger partial charge is 0.440 e. The van der Waals surface area contributed by atoms with Crippen LogP contribution in [0.2, 0.25) is 0 Å². The molecular formula is C20H21NO2. The minimum Gasteiger partial charge on any atom is -0.440 e. The second kappa shape index (κ2) is 4.85. The van der Waals surface area contributed by atoms with E-state index in [2.05, 4.69) is 50.2 Å². The van der Waals surface area contributed by atoms with E-state index >= 15 is 0 Å². The molecule has 1 saturated heterocycles. The van der Waals surface area contributed by atoms with Crippen LogP contribution in [0.15, 0.2) is 54.6 Å². The molecule has 1 heterocycles. The molecule has 1 amide bonds. The number of rotatable bonds is 2. The van der Waals surface area contributed by atoms with Crippen molar-refractivity contribution in [2.45, 2.75) is 44.4 Å². The van der Waals surface area contributed by atoms with Crippen LogP contribution >= 0.6 is 0 Å². The summed E-state index contributed by atoms with van der Waals surface area (Å²) in [6.07, 6.45) is 1.60. The Labute approximate surface area is 136 Å². The van der Waals surface area contributed by atoms with E-state index in [0.717, 1.165) is 18.4 Å². The number of carbonyl (C=O) groups excluding carboxylic acids is 1. The van der Waals surface area contributed by atoms with Gasteiger partial charge in [0.1, 0.15) is 11.1 Å². The molecule has 118 valence electrons. The van der Waals surface area contributed by atoms with Crippen LogP contribution in [0.5, 0.6) is 0 Å². The van der Waals surface area contributed by atoms with Gasteiger partial charge in [-0.05, 0) is 43.4 Å². The van der Waals surface area contributed by atoms with Crippen molar-refractivity contribution in [3.05, 3.63) is 71.3 Å². The predicted molar refractivity (Wildman–Crippen MR) is 89.0 cm³/mol. The zero-order valence-corrected chi connectivity index (χ0v) is 13.6. The van der Waals surface area contributed by atoms with Gasteiger partial charge in [-0.1, -0.05) is 54.6 Å². The number of aryl methyl sites for hydroxylation is 1. The van der Waals surface area contributed by atoms with Gasteiger partial charge in [0.05, 0.1) is 6.54 Å². The van der Waals surface area contributed by atoms with Crippen LogP contribution in [0.1, 0.15) is 37.0 Å². The first-order valence-corrected chi connectivity index (χ1v) is 8.17. The smallest absolute Gasteiger partial charge is 0.411 e. The van der Waals surface area contributed by atoms with Gasteiger partial charge in [0.25, 0.3) is 0 Å². The molecule has 23 heavy (non-hydrogen) atoms. The molecule has 1 aliphatic carbocycles. The van der Waals surface area contributed by atoms with E-state index in [4.69, 9.17) is 4.74 Å². The summed E-state index contributed by atoms with van der Waals surface area (Å²) in [5.74, 6) is 0. The number of benzene rings is 2. The lowest BCUT2D eigenvalue weighted by Gasteiger charge is -2.46. The summed E-state index contributed by atoms with van der Waals surface area (Å²) in [6.45, 7) is 4.80. The zero-order chi connectivity index (χ0) is 16.1. The lowest BCUT2D eigenvalue weighted by molar-refractivity contribution is -0.0108. The highest BCUT2D eigenvalue weighted by Crippen LogP contribution is 2.53. The fourth-order valence-corrected chi connectivity index (χ4v) is 4.12. The number of amides is 1. The maximum atomic E-state index is 12.7. The molecule has 0 aromatic heterocycles. The van der Waals surface area contributed by atoms with Crippen molar-refractivity contribution < 1.29 is 9.53 Å². The van der Waals surface area contributed by atoms with E-state index in [1.807, 2.05) is 23.1 Å². The molecule has 0 saturated carbocycles. The van der Waals surface area contributed by atoms with Gasteiger partial charge in [0.2, 0.25) is 0 Å². The molecule has 0 spiro atoms. The van der Waals surface area contributed by atoms with Crippen LogP contribution in [-0.2, 0) is 23.2 Å². The highest BCUT2D eigenvalue weighted by molar-refractivity contribution is 5.74. The first-order valence-electron chi connectivity index (χ1n) is 8.17. The molecule has 0 unspecified atom stereocenters. The SMILES string of the molecule is C[C@@]12c3ccccc3CC[C@]1(C)OC(=O)N2Cc1ccccc1. The van der Waals surface area contributed by atoms with Crippen molar-refractivity contribution in [3.8, 4) is 0 Å². The zero-order valence-electron chi connectivity index (χ0n) is 13.6. The Balaban J connectivity index is 1.83. The third-order valence-electron chi connectivity index (χ3n) is 5.70. The average molecular weight is 307 g/mol. The van der Waals surface area contributed by atoms with Gasteiger partial charge < -0.3 is 4.74 Å². The molecule has 3 heteroatoms. The molecule has 0 N–H and O–H groups in total. The highest BCUT2D eigenvalue weighted by Gasteiger charge is 2.62. The predicted octanol–water partition coefficient (Wildman–Crippen LogP) is 4.26. The van der Waals surface area contributed by atoms with E-state index in [1.54, 1.807) is 0 Å². The summed E-state index contributed by atoms with van der Waals surface area (Å²) in [5, 5.41) is 0. The average Bonchev–Trinajstić information content (AvgIpc) is 2.76. The molecule has 0 radical (unpaired) electrons. The summed E-state index contributed by atoms with van der Waals surface area (Å²) in [7, 11) is 0. The number of nitrogens with zero attached hydrogens (tertiary/aromatic N) is 1. The number of fused-ring (bicyclic) bond motifs is 3. The third kappa shape index (κ3) is 1.92. The van der Waals surface area contributed by atoms with Crippen molar-refractivity contribution in [1.29, 1.82) is 0 Å². The Morgan fingerprint density at radius 2 is 1.74 bits per heavy atom. The van der Waals surface area contributed by atoms with Crippen LogP contribution in [0.25, 0.3) is 0 Å². The molecule has 3 nitrogen and oxygen atoms in total.